The van der Waals surface area contributed by atoms with Crippen molar-refractivity contribution in [3.05, 3.63) is 10.6 Å². The summed E-state index contributed by atoms with van der Waals surface area (Å²) in [7, 11) is 0. The fraction of sp³-hybridized carbons (Fsp3) is 0.786. The Balaban J connectivity index is 2.19. The van der Waals surface area contributed by atoms with Gasteiger partial charge in [-0.2, -0.15) is 0 Å². The topological polar surface area (TPSA) is 66.3 Å². The van der Waals surface area contributed by atoms with Crippen LogP contribution in [0.4, 0.5) is 0 Å². The molecule has 1 amide bonds. The van der Waals surface area contributed by atoms with E-state index in [1.807, 2.05) is 18.7 Å². The molecule has 1 aliphatic rings. The Morgan fingerprint density at radius 1 is 1.40 bits per heavy atom. The summed E-state index contributed by atoms with van der Waals surface area (Å²) in [6, 6.07) is 0.255. The second kappa shape index (κ2) is 7.13. The van der Waals surface area contributed by atoms with Crippen LogP contribution in [0.25, 0.3) is 0 Å². The van der Waals surface area contributed by atoms with Gasteiger partial charge in [0, 0.05) is 12.6 Å². The first-order valence-corrected chi connectivity index (χ1v) is 8.16. The SMILES string of the molecule is CC(C)c1nnsc1C(=O)N(CCO)C1CCCCC1. The predicted octanol–water partition coefficient (Wildman–Crippen LogP) is 2.43. The fourth-order valence-corrected chi connectivity index (χ4v) is 3.58. The minimum absolute atomic E-state index is 0.00544. The van der Waals surface area contributed by atoms with Crippen LogP contribution in [-0.2, 0) is 0 Å². The number of aliphatic hydroxyl groups excluding tert-OH is 1. The number of aromatic nitrogens is 2. The highest BCUT2D eigenvalue weighted by atomic mass is 32.1. The van der Waals surface area contributed by atoms with Crippen LogP contribution in [0.2, 0.25) is 0 Å². The van der Waals surface area contributed by atoms with Crippen molar-refractivity contribution in [3.63, 3.8) is 0 Å². The maximum Gasteiger partial charge on any atom is 0.267 e. The van der Waals surface area contributed by atoms with Gasteiger partial charge in [-0.25, -0.2) is 0 Å². The molecule has 1 saturated carbocycles. The molecular formula is C14H23N3O2S. The van der Waals surface area contributed by atoms with Gasteiger partial charge in [0.15, 0.2) is 0 Å². The van der Waals surface area contributed by atoms with Gasteiger partial charge in [-0.05, 0) is 30.3 Å². The molecule has 0 unspecified atom stereocenters. The summed E-state index contributed by atoms with van der Waals surface area (Å²) in [6.07, 6.45) is 5.65. The van der Waals surface area contributed by atoms with Crippen molar-refractivity contribution in [2.45, 2.75) is 57.9 Å². The average Bonchev–Trinajstić information content (AvgIpc) is 2.94. The third-order valence-electron chi connectivity index (χ3n) is 3.87. The van der Waals surface area contributed by atoms with E-state index in [0.717, 1.165) is 31.4 Å². The minimum atomic E-state index is -0.00958. The van der Waals surface area contributed by atoms with Gasteiger partial charge in [-0.3, -0.25) is 4.79 Å². The summed E-state index contributed by atoms with van der Waals surface area (Å²) < 4.78 is 3.93. The van der Waals surface area contributed by atoms with Gasteiger partial charge in [0.25, 0.3) is 5.91 Å². The van der Waals surface area contributed by atoms with E-state index in [4.69, 9.17) is 0 Å². The summed E-state index contributed by atoms with van der Waals surface area (Å²) >= 11 is 1.17. The van der Waals surface area contributed by atoms with Crippen molar-refractivity contribution < 1.29 is 9.90 Å². The normalized spacial score (nSPS) is 16.6. The molecule has 0 radical (unpaired) electrons. The molecule has 6 heteroatoms. The maximum atomic E-state index is 12.8. The third-order valence-corrected chi connectivity index (χ3v) is 4.60. The molecule has 0 atom stereocenters. The van der Waals surface area contributed by atoms with E-state index in [1.54, 1.807) is 0 Å². The van der Waals surface area contributed by atoms with Gasteiger partial charge in [0.2, 0.25) is 0 Å². The van der Waals surface area contributed by atoms with Crippen molar-refractivity contribution in [1.29, 1.82) is 0 Å². The average molecular weight is 297 g/mol. The number of nitrogens with zero attached hydrogens (tertiary/aromatic N) is 3. The molecule has 1 fully saturated rings. The van der Waals surface area contributed by atoms with Crippen molar-refractivity contribution in [1.82, 2.24) is 14.5 Å². The van der Waals surface area contributed by atoms with Crippen LogP contribution in [0.5, 0.6) is 0 Å². The molecule has 5 nitrogen and oxygen atoms in total. The Labute approximate surface area is 124 Å². The third kappa shape index (κ3) is 3.35. The molecule has 1 heterocycles. The van der Waals surface area contributed by atoms with Gasteiger partial charge in [0.05, 0.1) is 12.3 Å². The molecule has 1 aromatic heterocycles. The largest absolute Gasteiger partial charge is 0.395 e. The first-order chi connectivity index (χ1) is 9.65. The highest BCUT2D eigenvalue weighted by Crippen LogP contribution is 2.27. The molecule has 1 aromatic rings. The van der Waals surface area contributed by atoms with Gasteiger partial charge in [-0.1, -0.05) is 37.6 Å². The predicted molar refractivity (Wildman–Crippen MR) is 79.0 cm³/mol. The summed E-state index contributed by atoms with van der Waals surface area (Å²) in [6.45, 7) is 4.44. The Bertz CT molecular complexity index is 441. The molecule has 1 N–H and O–H groups in total. The van der Waals surface area contributed by atoms with E-state index in [0.29, 0.717) is 11.4 Å². The zero-order valence-electron chi connectivity index (χ0n) is 12.2. The fourth-order valence-electron chi connectivity index (χ4n) is 2.80. The molecule has 20 heavy (non-hydrogen) atoms. The number of rotatable bonds is 5. The highest BCUT2D eigenvalue weighted by molar-refractivity contribution is 7.08. The molecule has 2 rings (SSSR count). The van der Waals surface area contributed by atoms with E-state index in [2.05, 4.69) is 9.59 Å². The van der Waals surface area contributed by atoms with Crippen molar-refractivity contribution in [2.75, 3.05) is 13.2 Å². The lowest BCUT2D eigenvalue weighted by atomic mass is 9.94. The van der Waals surface area contributed by atoms with Crippen LogP contribution >= 0.6 is 11.5 Å². The Kier molecular flexibility index (Phi) is 5.48. The molecule has 1 aliphatic carbocycles. The monoisotopic (exact) mass is 297 g/mol. The van der Waals surface area contributed by atoms with Gasteiger partial charge in [0.1, 0.15) is 4.88 Å². The molecule has 0 saturated heterocycles. The second-order valence-corrected chi connectivity index (χ2v) is 6.41. The molecule has 0 aromatic carbocycles. The van der Waals surface area contributed by atoms with E-state index in [-0.39, 0.29) is 24.5 Å². The van der Waals surface area contributed by atoms with Crippen molar-refractivity contribution in [2.24, 2.45) is 0 Å². The van der Waals surface area contributed by atoms with E-state index in [1.165, 1.54) is 18.0 Å². The van der Waals surface area contributed by atoms with Crippen LogP contribution in [0.1, 0.15) is 67.2 Å². The quantitative estimate of drug-likeness (QED) is 0.906. The number of hydrogen-bond acceptors (Lipinski definition) is 5. The van der Waals surface area contributed by atoms with Crippen LogP contribution in [-0.4, -0.2) is 44.7 Å². The minimum Gasteiger partial charge on any atom is -0.395 e. The lowest BCUT2D eigenvalue weighted by Gasteiger charge is -2.33. The lowest BCUT2D eigenvalue weighted by molar-refractivity contribution is 0.0588. The smallest absolute Gasteiger partial charge is 0.267 e. The summed E-state index contributed by atoms with van der Waals surface area (Å²) in [5.41, 5.74) is 0.777. The number of carbonyl (C=O) groups is 1. The number of aliphatic hydroxyl groups is 1. The Morgan fingerprint density at radius 2 is 2.10 bits per heavy atom. The number of hydrogen-bond donors (Lipinski definition) is 1. The van der Waals surface area contributed by atoms with E-state index < -0.39 is 0 Å². The number of carbonyl (C=O) groups excluding carboxylic acids is 1. The molecule has 0 aliphatic heterocycles. The molecule has 0 spiro atoms. The summed E-state index contributed by atoms with van der Waals surface area (Å²) in [4.78, 5) is 15.2. The van der Waals surface area contributed by atoms with Crippen LogP contribution in [0, 0.1) is 0 Å². The van der Waals surface area contributed by atoms with Crippen LogP contribution in [0.3, 0.4) is 0 Å². The van der Waals surface area contributed by atoms with Crippen molar-refractivity contribution in [3.8, 4) is 0 Å². The lowest BCUT2D eigenvalue weighted by Crippen LogP contribution is -2.43. The maximum absolute atomic E-state index is 12.8. The first-order valence-electron chi connectivity index (χ1n) is 7.39. The van der Waals surface area contributed by atoms with Gasteiger partial charge < -0.3 is 10.0 Å². The van der Waals surface area contributed by atoms with Gasteiger partial charge in [-0.15, -0.1) is 5.10 Å². The van der Waals surface area contributed by atoms with E-state index >= 15 is 0 Å². The highest BCUT2D eigenvalue weighted by Gasteiger charge is 2.29. The van der Waals surface area contributed by atoms with Crippen molar-refractivity contribution >= 4 is 17.4 Å². The van der Waals surface area contributed by atoms with Gasteiger partial charge >= 0.3 is 0 Å². The first kappa shape index (κ1) is 15.4. The van der Waals surface area contributed by atoms with E-state index in [9.17, 15) is 9.90 Å². The van der Waals surface area contributed by atoms with Crippen LogP contribution < -0.4 is 0 Å². The Morgan fingerprint density at radius 3 is 2.70 bits per heavy atom. The number of amides is 1. The zero-order valence-corrected chi connectivity index (χ0v) is 13.0. The Hall–Kier alpha value is -1.01. The van der Waals surface area contributed by atoms with Crippen LogP contribution in [0.15, 0.2) is 0 Å². The zero-order chi connectivity index (χ0) is 14.5. The summed E-state index contributed by atoms with van der Waals surface area (Å²) in [5.74, 6) is 0.180. The summed E-state index contributed by atoms with van der Waals surface area (Å²) in [5, 5.41) is 13.4. The molecular weight excluding hydrogens is 274 g/mol. The standard InChI is InChI=1S/C14H23N3O2S/c1-10(2)12-13(20-16-15-12)14(19)17(8-9-18)11-6-4-3-5-7-11/h10-11,18H,3-9H2,1-2H3. The molecule has 112 valence electrons. The second-order valence-electron chi connectivity index (χ2n) is 5.66. The molecule has 0 bridgehead atoms.